The van der Waals surface area contributed by atoms with E-state index in [0.717, 1.165) is 45.6 Å². The second kappa shape index (κ2) is 11.8. The van der Waals surface area contributed by atoms with E-state index in [1.54, 1.807) is 5.56 Å². The van der Waals surface area contributed by atoms with Gasteiger partial charge in [-0.15, -0.1) is 0 Å². The molecule has 4 bridgehead atoms. The molecule has 0 aliphatic heterocycles. The lowest BCUT2D eigenvalue weighted by Gasteiger charge is -2.61. The first-order valence-corrected chi connectivity index (χ1v) is 20.8. The number of fused-ring (bicyclic) bond motifs is 7. The van der Waals surface area contributed by atoms with Gasteiger partial charge in [-0.1, -0.05) is 109 Å². The molecule has 5 aliphatic rings. The second-order valence-electron chi connectivity index (χ2n) is 17.2. The van der Waals surface area contributed by atoms with Crippen molar-refractivity contribution in [3.63, 3.8) is 0 Å². The van der Waals surface area contributed by atoms with Crippen LogP contribution in [0, 0.1) is 23.7 Å². The van der Waals surface area contributed by atoms with E-state index in [4.69, 9.17) is 15.0 Å². The van der Waals surface area contributed by atoms with Gasteiger partial charge < -0.3 is 4.57 Å². The highest BCUT2D eigenvalue weighted by Gasteiger charge is 2.62. The smallest absolute Gasteiger partial charge is 0.164 e. The molecule has 57 heavy (non-hydrogen) atoms. The van der Waals surface area contributed by atoms with E-state index in [-0.39, 0.29) is 5.41 Å². The summed E-state index contributed by atoms with van der Waals surface area (Å²) in [6.45, 7) is 0. The van der Waals surface area contributed by atoms with E-state index in [1.807, 2.05) is 0 Å². The van der Waals surface area contributed by atoms with Crippen molar-refractivity contribution < 1.29 is 0 Å². The Kier molecular flexibility index (Phi) is 6.59. The lowest BCUT2D eigenvalue weighted by atomic mass is 9.43. The average Bonchev–Trinajstić information content (AvgIpc) is 3.75. The number of hydrogen-bond acceptors (Lipinski definition) is 3. The molecule has 9 aromatic rings. The minimum Gasteiger partial charge on any atom is -0.309 e. The van der Waals surface area contributed by atoms with Crippen LogP contribution in [0.1, 0.15) is 43.2 Å². The third kappa shape index (κ3) is 4.47. The van der Waals surface area contributed by atoms with Crippen molar-refractivity contribution in [2.75, 3.05) is 0 Å². The molecule has 4 nitrogen and oxygen atoms in total. The molecule has 4 heteroatoms. The minimum absolute atomic E-state index is 0.0360. The first-order chi connectivity index (χ1) is 28.2. The zero-order valence-electron chi connectivity index (χ0n) is 31.6. The van der Waals surface area contributed by atoms with Crippen molar-refractivity contribution in [3.05, 3.63) is 169 Å². The highest BCUT2D eigenvalue weighted by molar-refractivity contribution is 6.10. The van der Waals surface area contributed by atoms with E-state index in [1.165, 1.54) is 75.9 Å². The molecule has 0 unspecified atom stereocenters. The molecule has 7 aromatic carbocycles. The topological polar surface area (TPSA) is 43.6 Å². The third-order valence-corrected chi connectivity index (χ3v) is 14.4. The number of nitrogens with zero attached hydrogens (tertiary/aromatic N) is 4. The first-order valence-electron chi connectivity index (χ1n) is 20.8. The number of rotatable bonds is 4. The standard InChI is InChI=1S/C53H40N4/c1-3-12-34(13-4-1)50-54-51(37-22-23-48-43(30-37)41-18-9-10-21-47(41)57(48)40-16-5-2-6-17-40)56-52(55-50)42-19-11-20-45-49(42)44-29-35-14-7-8-15-36(35)31-46(44)53(45)38-25-32-24-33(27-38)28-39(53)26-32/h1-23,29-33,38-39H,24-28H2. The summed E-state index contributed by atoms with van der Waals surface area (Å²) in [4.78, 5) is 16.1. The van der Waals surface area contributed by atoms with Crippen molar-refractivity contribution in [3.8, 4) is 51.0 Å². The molecule has 272 valence electrons. The maximum absolute atomic E-state index is 5.46. The van der Waals surface area contributed by atoms with Crippen LogP contribution in [0.2, 0.25) is 0 Å². The fourth-order valence-electron chi connectivity index (χ4n) is 12.4. The Hall–Kier alpha value is -6.39. The van der Waals surface area contributed by atoms with Gasteiger partial charge in [-0.2, -0.15) is 0 Å². The molecule has 0 saturated heterocycles. The molecule has 2 heterocycles. The minimum atomic E-state index is 0.0360. The fraction of sp³-hybridized carbons (Fsp3) is 0.189. The van der Waals surface area contributed by atoms with Gasteiger partial charge in [0.15, 0.2) is 17.5 Å². The molecule has 4 fully saturated rings. The van der Waals surface area contributed by atoms with Gasteiger partial charge in [0, 0.05) is 38.6 Å². The molecule has 5 aliphatic carbocycles. The molecule has 0 N–H and O–H groups in total. The van der Waals surface area contributed by atoms with Crippen LogP contribution in [-0.4, -0.2) is 19.5 Å². The van der Waals surface area contributed by atoms with Gasteiger partial charge in [0.2, 0.25) is 0 Å². The van der Waals surface area contributed by atoms with E-state index < -0.39 is 0 Å². The Labute approximate surface area is 331 Å². The van der Waals surface area contributed by atoms with E-state index in [9.17, 15) is 0 Å². The van der Waals surface area contributed by atoms with E-state index >= 15 is 0 Å². The quantitative estimate of drug-likeness (QED) is 0.181. The second-order valence-corrected chi connectivity index (χ2v) is 17.2. The maximum Gasteiger partial charge on any atom is 0.164 e. The van der Waals surface area contributed by atoms with Gasteiger partial charge in [-0.3, -0.25) is 0 Å². The van der Waals surface area contributed by atoms with Gasteiger partial charge in [-0.05, 0) is 137 Å². The normalized spacial score (nSPS) is 22.8. The number of hydrogen-bond donors (Lipinski definition) is 0. The van der Waals surface area contributed by atoms with Crippen LogP contribution in [0.5, 0.6) is 0 Å². The van der Waals surface area contributed by atoms with E-state index in [2.05, 4.69) is 162 Å². The Morgan fingerprint density at radius 2 is 1.07 bits per heavy atom. The molecular formula is C53H40N4. The largest absolute Gasteiger partial charge is 0.309 e. The summed E-state index contributed by atoms with van der Waals surface area (Å²) in [5.41, 5.74) is 12.4. The SMILES string of the molecule is c1ccc(-c2nc(-c3ccc4c(c3)c3ccccc3n4-c3ccccc3)nc(-c3cccc4c3-c3cc5ccccc5cc3C43C4CC5CC(C4)CC3C5)n2)cc1. The highest BCUT2D eigenvalue weighted by atomic mass is 15.0. The molecule has 0 radical (unpaired) electrons. The molecule has 2 aromatic heterocycles. The lowest BCUT2D eigenvalue weighted by Crippen LogP contribution is -2.55. The molecule has 0 atom stereocenters. The van der Waals surface area contributed by atoms with E-state index in [0.29, 0.717) is 23.5 Å². The van der Waals surface area contributed by atoms with Crippen molar-refractivity contribution in [2.24, 2.45) is 23.7 Å². The van der Waals surface area contributed by atoms with Crippen LogP contribution >= 0.6 is 0 Å². The Balaban J connectivity index is 1.05. The molecule has 0 amide bonds. The summed E-state index contributed by atoms with van der Waals surface area (Å²) in [6.07, 6.45) is 6.83. The summed E-state index contributed by atoms with van der Waals surface area (Å²) < 4.78 is 2.36. The monoisotopic (exact) mass is 732 g/mol. The van der Waals surface area contributed by atoms with Crippen molar-refractivity contribution in [2.45, 2.75) is 37.5 Å². The van der Waals surface area contributed by atoms with Crippen LogP contribution in [0.4, 0.5) is 0 Å². The zero-order valence-corrected chi connectivity index (χ0v) is 31.6. The highest BCUT2D eigenvalue weighted by Crippen LogP contribution is 2.70. The van der Waals surface area contributed by atoms with Crippen molar-refractivity contribution in [1.82, 2.24) is 19.5 Å². The fourth-order valence-corrected chi connectivity index (χ4v) is 12.4. The predicted octanol–water partition coefficient (Wildman–Crippen LogP) is 12.8. The van der Waals surface area contributed by atoms with Crippen LogP contribution < -0.4 is 0 Å². The summed E-state index contributed by atoms with van der Waals surface area (Å²) in [5, 5.41) is 5.03. The summed E-state index contributed by atoms with van der Waals surface area (Å²) in [7, 11) is 0. The Bertz CT molecular complexity index is 3060. The summed E-state index contributed by atoms with van der Waals surface area (Å²) >= 11 is 0. The van der Waals surface area contributed by atoms with Crippen LogP contribution in [0.15, 0.2) is 158 Å². The van der Waals surface area contributed by atoms with Crippen molar-refractivity contribution >= 4 is 32.6 Å². The number of aromatic nitrogens is 4. The molecule has 4 saturated carbocycles. The van der Waals surface area contributed by atoms with Gasteiger partial charge in [-0.25, -0.2) is 15.0 Å². The Morgan fingerprint density at radius 1 is 0.439 bits per heavy atom. The first kappa shape index (κ1) is 31.8. The third-order valence-electron chi connectivity index (χ3n) is 14.4. The maximum atomic E-state index is 5.46. The zero-order chi connectivity index (χ0) is 37.2. The van der Waals surface area contributed by atoms with Crippen LogP contribution in [-0.2, 0) is 5.41 Å². The summed E-state index contributed by atoms with van der Waals surface area (Å²) in [6, 6.07) is 57.5. The van der Waals surface area contributed by atoms with Gasteiger partial charge in [0.1, 0.15) is 0 Å². The predicted molar refractivity (Wildman–Crippen MR) is 231 cm³/mol. The molecule has 14 rings (SSSR count). The molecular weight excluding hydrogens is 693 g/mol. The van der Waals surface area contributed by atoms with Gasteiger partial charge in [0.25, 0.3) is 0 Å². The summed E-state index contributed by atoms with van der Waals surface area (Å²) in [5.74, 6) is 5.23. The number of benzene rings is 7. The Morgan fingerprint density at radius 3 is 1.84 bits per heavy atom. The van der Waals surface area contributed by atoms with Gasteiger partial charge in [0.05, 0.1) is 11.0 Å². The molecule has 1 spiro atoms. The van der Waals surface area contributed by atoms with Crippen molar-refractivity contribution in [1.29, 1.82) is 0 Å². The van der Waals surface area contributed by atoms with Gasteiger partial charge >= 0.3 is 0 Å². The number of para-hydroxylation sites is 2. The van der Waals surface area contributed by atoms with Crippen LogP contribution in [0.3, 0.4) is 0 Å². The average molecular weight is 733 g/mol. The lowest BCUT2D eigenvalue weighted by molar-refractivity contribution is -0.0398. The van der Waals surface area contributed by atoms with Crippen LogP contribution in [0.25, 0.3) is 83.6 Å².